The molecule has 0 amide bonds. The third-order valence-corrected chi connectivity index (χ3v) is 8.19. The zero-order chi connectivity index (χ0) is 33.6. The van der Waals surface area contributed by atoms with Crippen LogP contribution >= 0.6 is 0 Å². The summed E-state index contributed by atoms with van der Waals surface area (Å²) in [5.74, 6) is 2.69. The van der Waals surface area contributed by atoms with Crippen LogP contribution in [0, 0.1) is 16.7 Å². The monoisotopic (exact) mass is 617 g/mol. The van der Waals surface area contributed by atoms with Gasteiger partial charge in [0.05, 0.1) is 10.4 Å². The summed E-state index contributed by atoms with van der Waals surface area (Å²) in [6.45, 7) is 12.5. The van der Waals surface area contributed by atoms with Crippen LogP contribution in [0.2, 0.25) is 0 Å². The van der Waals surface area contributed by atoms with E-state index in [4.69, 9.17) is 9.47 Å². The van der Waals surface area contributed by atoms with Gasteiger partial charge in [-0.05, 0) is 72.4 Å². The topological polar surface area (TPSA) is 58.8 Å². The Labute approximate surface area is 272 Å². The van der Waals surface area contributed by atoms with Crippen LogP contribution < -0.4 is 26.2 Å². The Balaban J connectivity index is 1.55. The number of allylic oxidation sites excluding steroid dienone is 12. The van der Waals surface area contributed by atoms with E-state index in [1.807, 2.05) is 111 Å². The molecule has 0 radical (unpaired) electrons. The maximum Gasteiger partial charge on any atom is 0.200 e. The van der Waals surface area contributed by atoms with Gasteiger partial charge in [0.25, 0.3) is 0 Å². The Morgan fingerprint density at radius 1 is 0.761 bits per heavy atom. The van der Waals surface area contributed by atoms with Gasteiger partial charge >= 0.3 is 0 Å². The maximum atomic E-state index is 13.5. The van der Waals surface area contributed by atoms with Gasteiger partial charge in [-0.3, -0.25) is 9.59 Å². The summed E-state index contributed by atoms with van der Waals surface area (Å²) in [6.07, 6.45) is 19.3. The van der Waals surface area contributed by atoms with Crippen LogP contribution in [-0.2, 0) is 9.47 Å². The molecule has 2 aromatic carbocycles. The highest BCUT2D eigenvalue weighted by atomic mass is 16.5. The van der Waals surface area contributed by atoms with Crippen molar-refractivity contribution in [2.24, 2.45) is 16.7 Å². The third kappa shape index (κ3) is 6.91. The second kappa shape index (κ2) is 12.2. The average Bonchev–Trinajstić information content (AvgIpc) is 3.01. The van der Waals surface area contributed by atoms with Gasteiger partial charge in [-0.2, -0.15) is 0 Å². The molecule has 1 unspecified atom stereocenters. The summed E-state index contributed by atoms with van der Waals surface area (Å²) >= 11 is 0. The van der Waals surface area contributed by atoms with E-state index < -0.39 is 0 Å². The molecule has 46 heavy (non-hydrogen) atoms. The Morgan fingerprint density at radius 3 is 1.91 bits per heavy atom. The Morgan fingerprint density at radius 2 is 1.37 bits per heavy atom. The molecule has 1 aliphatic carbocycles. The molecule has 238 valence electrons. The molecule has 0 saturated carbocycles. The molecule has 2 heterocycles. The van der Waals surface area contributed by atoms with Crippen LogP contribution in [0.3, 0.4) is 0 Å². The number of benzene rings is 1. The molecule has 0 fully saturated rings. The summed E-state index contributed by atoms with van der Waals surface area (Å²) in [7, 11) is 8.01. The second-order valence-electron chi connectivity index (χ2n) is 14.5. The average molecular weight is 618 g/mol. The standard InChI is InChI=1S/C40H45N2O4/c1-39(2,3)35-23-25(21-33(45-35)27-11-15-29(16-12-27)41(7)8)19-31-37(43)32(38(31)44)20-26-22-34(46-36(24-26)40(4,5)6)28-13-17-30(18-14-28)42(9)10/h11-25H,1-10H3/q+1. The van der Waals surface area contributed by atoms with Crippen LogP contribution in [0.15, 0.2) is 111 Å². The number of rotatable bonds is 4. The summed E-state index contributed by atoms with van der Waals surface area (Å²) < 4.78 is 14.7. The van der Waals surface area contributed by atoms with E-state index in [9.17, 15) is 9.59 Å². The van der Waals surface area contributed by atoms with Crippen LogP contribution in [0.1, 0.15) is 47.1 Å². The van der Waals surface area contributed by atoms with Crippen molar-refractivity contribution in [2.75, 3.05) is 33.1 Å². The van der Waals surface area contributed by atoms with Crippen LogP contribution in [-0.4, -0.2) is 38.5 Å². The smallest absolute Gasteiger partial charge is 0.200 e. The summed E-state index contributed by atoms with van der Waals surface area (Å²) in [4.78, 5) is 29.0. The molecule has 0 N–H and O–H groups in total. The fourth-order valence-corrected chi connectivity index (χ4v) is 5.28. The number of nitrogens with zero attached hydrogens (tertiary/aromatic N) is 2. The molecule has 0 saturated heterocycles. The lowest BCUT2D eigenvalue weighted by Crippen LogP contribution is -2.64. The lowest BCUT2D eigenvalue weighted by atomic mass is 9.88. The predicted molar refractivity (Wildman–Crippen MR) is 190 cm³/mol. The molecule has 5 rings (SSSR count). The predicted octanol–water partition coefficient (Wildman–Crippen LogP) is 5.51. The first-order valence-corrected chi connectivity index (χ1v) is 15.7. The first-order valence-electron chi connectivity index (χ1n) is 15.7. The highest BCUT2D eigenvalue weighted by Crippen LogP contribution is 2.37. The van der Waals surface area contributed by atoms with E-state index in [1.165, 1.54) is 0 Å². The van der Waals surface area contributed by atoms with Crippen LogP contribution in [0.5, 0.6) is 0 Å². The largest absolute Gasteiger partial charge is 0.461 e. The van der Waals surface area contributed by atoms with E-state index in [0.717, 1.165) is 39.6 Å². The normalized spacial score (nSPS) is 18.3. The zero-order valence-corrected chi connectivity index (χ0v) is 28.7. The van der Waals surface area contributed by atoms with Crippen molar-refractivity contribution in [1.82, 2.24) is 0 Å². The summed E-state index contributed by atoms with van der Waals surface area (Å²) in [5.41, 5.74) is 3.75. The van der Waals surface area contributed by atoms with Gasteiger partial charge in [0, 0.05) is 59.8 Å². The minimum Gasteiger partial charge on any atom is -0.461 e. The van der Waals surface area contributed by atoms with Gasteiger partial charge in [0.15, 0.2) is 5.71 Å². The van der Waals surface area contributed by atoms with E-state index in [0.29, 0.717) is 11.5 Å². The SMILES string of the molecule is CN(C)c1ccc(C2=CC(C=c3c(=O)c(=CC4=CC(=C5C=CC(=[N+](C)C)C=C5)OC(C(C)(C)C)=C4)c3=O)C=C(C(C)(C)C)O2)cc1. The highest BCUT2D eigenvalue weighted by molar-refractivity contribution is 6.02. The third-order valence-electron chi connectivity index (χ3n) is 8.19. The van der Waals surface area contributed by atoms with E-state index in [-0.39, 0.29) is 38.0 Å². The van der Waals surface area contributed by atoms with Gasteiger partial charge in [-0.1, -0.05) is 47.6 Å². The number of ether oxygens (including phenoxy) is 2. The molecule has 0 spiro atoms. The van der Waals surface area contributed by atoms with Crippen molar-refractivity contribution < 1.29 is 14.0 Å². The molecule has 2 aliphatic heterocycles. The van der Waals surface area contributed by atoms with E-state index >= 15 is 0 Å². The van der Waals surface area contributed by atoms with Gasteiger partial charge in [-0.15, -0.1) is 0 Å². The number of hydrogen-bond donors (Lipinski definition) is 0. The first-order chi connectivity index (χ1) is 21.5. The number of anilines is 1. The van der Waals surface area contributed by atoms with Crippen molar-refractivity contribution in [1.29, 1.82) is 0 Å². The van der Waals surface area contributed by atoms with Crippen molar-refractivity contribution in [3.63, 3.8) is 0 Å². The zero-order valence-electron chi connectivity index (χ0n) is 28.7. The van der Waals surface area contributed by atoms with Gasteiger partial charge < -0.3 is 14.4 Å². The quantitative estimate of drug-likeness (QED) is 0.424. The number of hydrogen-bond acceptors (Lipinski definition) is 5. The minimum absolute atomic E-state index is 0.182. The fraction of sp³-hybridized carbons (Fsp3) is 0.325. The first kappa shape index (κ1) is 32.7. The van der Waals surface area contributed by atoms with Crippen molar-refractivity contribution in [3.05, 3.63) is 138 Å². The second-order valence-corrected chi connectivity index (χ2v) is 14.5. The van der Waals surface area contributed by atoms with Crippen molar-refractivity contribution in [2.45, 2.75) is 41.5 Å². The molecule has 2 aromatic rings. The Hall–Kier alpha value is -4.71. The molecule has 6 nitrogen and oxygen atoms in total. The van der Waals surface area contributed by atoms with Crippen LogP contribution in [0.25, 0.3) is 17.9 Å². The molecular formula is C40H45N2O4+. The molecule has 6 heteroatoms. The molecular weight excluding hydrogens is 572 g/mol. The van der Waals surface area contributed by atoms with Gasteiger partial charge in [0.1, 0.15) is 37.1 Å². The fourth-order valence-electron chi connectivity index (χ4n) is 5.28. The van der Waals surface area contributed by atoms with Gasteiger partial charge in [0.2, 0.25) is 10.9 Å². The minimum atomic E-state index is -0.275. The van der Waals surface area contributed by atoms with E-state index in [1.54, 1.807) is 12.2 Å². The molecule has 0 aromatic heterocycles. The maximum absolute atomic E-state index is 13.5. The van der Waals surface area contributed by atoms with Crippen molar-refractivity contribution in [3.8, 4) is 0 Å². The molecule has 3 aliphatic rings. The Kier molecular flexibility index (Phi) is 8.69. The van der Waals surface area contributed by atoms with E-state index in [2.05, 4.69) is 41.5 Å². The lowest BCUT2D eigenvalue weighted by Gasteiger charge is -2.29. The lowest BCUT2D eigenvalue weighted by molar-refractivity contribution is -0.462. The Bertz CT molecular complexity index is 1960. The summed E-state index contributed by atoms with van der Waals surface area (Å²) in [6, 6.07) is 8.15. The van der Waals surface area contributed by atoms with Gasteiger partial charge in [-0.25, -0.2) is 4.58 Å². The molecule has 1 atom stereocenters. The summed E-state index contributed by atoms with van der Waals surface area (Å²) in [5, 5.41) is 0.388. The highest BCUT2D eigenvalue weighted by Gasteiger charge is 2.27. The van der Waals surface area contributed by atoms with Crippen molar-refractivity contribution >= 4 is 29.3 Å². The molecule has 0 bridgehead atoms. The van der Waals surface area contributed by atoms with Crippen LogP contribution in [0.4, 0.5) is 5.69 Å².